The Balaban J connectivity index is 1.60. The van der Waals surface area contributed by atoms with Crippen molar-refractivity contribution in [3.8, 4) is 11.5 Å². The summed E-state index contributed by atoms with van der Waals surface area (Å²) in [7, 11) is 0. The zero-order valence-electron chi connectivity index (χ0n) is 12.8. The monoisotopic (exact) mass is 296 g/mol. The van der Waals surface area contributed by atoms with E-state index in [1.54, 1.807) is 12.1 Å². The van der Waals surface area contributed by atoms with Crippen molar-refractivity contribution in [2.75, 3.05) is 26.2 Å². The largest absolute Gasteiger partial charge is 0.508 e. The van der Waals surface area contributed by atoms with Crippen molar-refractivity contribution in [2.24, 2.45) is 0 Å². The molecule has 2 aromatic rings. The first-order chi connectivity index (χ1) is 10.8. The minimum Gasteiger partial charge on any atom is -0.508 e. The highest BCUT2D eigenvalue weighted by Gasteiger charge is 2.11. The van der Waals surface area contributed by atoms with Crippen LogP contribution in [0.2, 0.25) is 0 Å². The topological polar surface area (TPSA) is 32.7 Å². The van der Waals surface area contributed by atoms with E-state index in [0.717, 1.165) is 36.4 Å². The molecule has 3 nitrogen and oxygen atoms in total. The van der Waals surface area contributed by atoms with Crippen LogP contribution in [0.25, 0.3) is 0 Å². The van der Waals surface area contributed by atoms with Gasteiger partial charge in [-0.2, -0.15) is 0 Å². The van der Waals surface area contributed by atoms with Crippen molar-refractivity contribution < 1.29 is 9.84 Å². The SMILES string of the molecule is Oc1ccc(Cc2[c]cccc2OCCN2CCCC2)cc1. The number of hydrogen-bond acceptors (Lipinski definition) is 3. The highest BCUT2D eigenvalue weighted by molar-refractivity contribution is 5.38. The van der Waals surface area contributed by atoms with Gasteiger partial charge in [0.1, 0.15) is 18.1 Å². The third-order valence-electron chi connectivity index (χ3n) is 4.08. The maximum atomic E-state index is 9.36. The quantitative estimate of drug-likeness (QED) is 0.888. The van der Waals surface area contributed by atoms with Crippen molar-refractivity contribution in [2.45, 2.75) is 19.3 Å². The van der Waals surface area contributed by atoms with E-state index >= 15 is 0 Å². The average molecular weight is 296 g/mol. The summed E-state index contributed by atoms with van der Waals surface area (Å²) in [6, 6.07) is 16.5. The zero-order chi connectivity index (χ0) is 15.2. The molecule has 1 saturated heterocycles. The van der Waals surface area contributed by atoms with E-state index in [2.05, 4.69) is 11.0 Å². The maximum absolute atomic E-state index is 9.36. The molecule has 22 heavy (non-hydrogen) atoms. The molecule has 0 amide bonds. The first-order valence-corrected chi connectivity index (χ1v) is 7.94. The van der Waals surface area contributed by atoms with E-state index in [0.29, 0.717) is 5.75 Å². The summed E-state index contributed by atoms with van der Waals surface area (Å²) in [4.78, 5) is 2.45. The Bertz CT molecular complexity index is 589. The van der Waals surface area contributed by atoms with Crippen LogP contribution in [0.4, 0.5) is 0 Å². The third-order valence-corrected chi connectivity index (χ3v) is 4.08. The molecule has 3 heteroatoms. The summed E-state index contributed by atoms with van der Waals surface area (Å²) in [5.74, 6) is 1.21. The van der Waals surface area contributed by atoms with Crippen molar-refractivity contribution in [1.29, 1.82) is 0 Å². The van der Waals surface area contributed by atoms with Gasteiger partial charge in [-0.15, -0.1) is 0 Å². The minimum absolute atomic E-state index is 0.294. The molecule has 0 unspecified atom stereocenters. The number of phenolic OH excluding ortho intramolecular Hbond substituents is 1. The van der Waals surface area contributed by atoms with Gasteiger partial charge in [0.2, 0.25) is 0 Å². The normalized spacial score (nSPS) is 15.1. The lowest BCUT2D eigenvalue weighted by molar-refractivity contribution is 0.236. The first kappa shape index (κ1) is 14.9. The van der Waals surface area contributed by atoms with E-state index in [1.807, 2.05) is 30.3 Å². The van der Waals surface area contributed by atoms with E-state index in [4.69, 9.17) is 4.74 Å². The van der Waals surface area contributed by atoms with Gasteiger partial charge >= 0.3 is 0 Å². The first-order valence-electron chi connectivity index (χ1n) is 7.94. The number of ether oxygens (including phenoxy) is 1. The molecule has 1 aliphatic rings. The number of likely N-dealkylation sites (tertiary alicyclic amines) is 1. The summed E-state index contributed by atoms with van der Waals surface area (Å²) < 4.78 is 5.97. The van der Waals surface area contributed by atoms with Gasteiger partial charge in [-0.1, -0.05) is 24.3 Å². The van der Waals surface area contributed by atoms with Crippen LogP contribution in [0, 0.1) is 6.07 Å². The molecular weight excluding hydrogens is 274 g/mol. The Kier molecular flexibility index (Phi) is 4.96. The average Bonchev–Trinajstić information content (AvgIpc) is 3.05. The Morgan fingerprint density at radius 3 is 2.64 bits per heavy atom. The van der Waals surface area contributed by atoms with Crippen molar-refractivity contribution in [3.63, 3.8) is 0 Å². The molecule has 0 spiro atoms. The lowest BCUT2D eigenvalue weighted by Crippen LogP contribution is -2.25. The van der Waals surface area contributed by atoms with E-state index in [9.17, 15) is 5.11 Å². The summed E-state index contributed by atoms with van der Waals surface area (Å²) in [6.07, 6.45) is 3.39. The second kappa shape index (κ2) is 7.32. The second-order valence-electron chi connectivity index (χ2n) is 5.75. The van der Waals surface area contributed by atoms with Crippen LogP contribution in [0.15, 0.2) is 42.5 Å². The van der Waals surface area contributed by atoms with Crippen molar-refractivity contribution in [1.82, 2.24) is 4.90 Å². The molecule has 1 heterocycles. The second-order valence-corrected chi connectivity index (χ2v) is 5.75. The van der Waals surface area contributed by atoms with Crippen molar-refractivity contribution in [3.05, 3.63) is 59.7 Å². The number of benzene rings is 2. The van der Waals surface area contributed by atoms with Crippen LogP contribution in [0.5, 0.6) is 11.5 Å². The summed E-state index contributed by atoms with van der Waals surface area (Å²) in [5.41, 5.74) is 2.21. The Hall–Kier alpha value is -2.00. The molecule has 115 valence electrons. The third kappa shape index (κ3) is 4.01. The lowest BCUT2D eigenvalue weighted by atomic mass is 10.0. The molecule has 3 rings (SSSR count). The molecule has 0 aliphatic carbocycles. The Morgan fingerprint density at radius 1 is 1.09 bits per heavy atom. The van der Waals surface area contributed by atoms with E-state index < -0.39 is 0 Å². The smallest absolute Gasteiger partial charge is 0.123 e. The van der Waals surface area contributed by atoms with Gasteiger partial charge in [0.25, 0.3) is 0 Å². The number of hydrogen-bond donors (Lipinski definition) is 1. The van der Waals surface area contributed by atoms with Gasteiger partial charge in [0.05, 0.1) is 0 Å². The van der Waals surface area contributed by atoms with Gasteiger partial charge in [0, 0.05) is 18.5 Å². The fourth-order valence-electron chi connectivity index (χ4n) is 2.84. The molecule has 0 saturated carbocycles. The highest BCUT2D eigenvalue weighted by atomic mass is 16.5. The molecule has 0 bridgehead atoms. The molecular formula is C19H22NO2. The van der Waals surface area contributed by atoms with Gasteiger partial charge < -0.3 is 9.84 Å². The number of nitrogens with zero attached hydrogens (tertiary/aromatic N) is 1. The summed E-state index contributed by atoms with van der Waals surface area (Å²) >= 11 is 0. The highest BCUT2D eigenvalue weighted by Crippen LogP contribution is 2.22. The molecule has 1 fully saturated rings. The minimum atomic E-state index is 0.294. The molecule has 0 aromatic heterocycles. The van der Waals surface area contributed by atoms with Crippen LogP contribution in [0.3, 0.4) is 0 Å². The molecule has 0 atom stereocenters. The van der Waals surface area contributed by atoms with Gasteiger partial charge in [-0.05, 0) is 55.8 Å². The lowest BCUT2D eigenvalue weighted by Gasteiger charge is -2.16. The predicted molar refractivity (Wildman–Crippen MR) is 87.4 cm³/mol. The van der Waals surface area contributed by atoms with Gasteiger partial charge in [-0.3, -0.25) is 4.90 Å². The molecule has 1 radical (unpaired) electrons. The fourth-order valence-corrected chi connectivity index (χ4v) is 2.84. The van der Waals surface area contributed by atoms with E-state index in [1.165, 1.54) is 25.9 Å². The van der Waals surface area contributed by atoms with Gasteiger partial charge in [-0.25, -0.2) is 0 Å². The number of aromatic hydroxyl groups is 1. The Labute approximate surface area is 132 Å². The number of phenols is 1. The summed E-state index contributed by atoms with van der Waals surface area (Å²) in [5, 5.41) is 9.36. The van der Waals surface area contributed by atoms with Crippen molar-refractivity contribution >= 4 is 0 Å². The molecule has 1 N–H and O–H groups in total. The summed E-state index contributed by atoms with van der Waals surface area (Å²) in [6.45, 7) is 4.11. The fraction of sp³-hybridized carbons (Fsp3) is 0.368. The van der Waals surface area contributed by atoms with Crippen LogP contribution < -0.4 is 4.74 Å². The maximum Gasteiger partial charge on any atom is 0.123 e. The molecule has 2 aromatic carbocycles. The van der Waals surface area contributed by atoms with Crippen LogP contribution in [-0.2, 0) is 6.42 Å². The standard InChI is InChI=1S/C19H22NO2/c21-18-9-7-16(8-10-18)15-17-5-1-2-6-19(17)22-14-13-20-11-3-4-12-20/h1-2,6-10,21H,3-4,11-15H2. The van der Waals surface area contributed by atoms with Gasteiger partial charge in [0.15, 0.2) is 0 Å². The van der Waals surface area contributed by atoms with Crippen LogP contribution in [0.1, 0.15) is 24.0 Å². The molecule has 1 aliphatic heterocycles. The van der Waals surface area contributed by atoms with E-state index in [-0.39, 0.29) is 0 Å². The Morgan fingerprint density at radius 2 is 1.86 bits per heavy atom. The number of rotatable bonds is 6. The zero-order valence-corrected chi connectivity index (χ0v) is 12.8. The van der Waals surface area contributed by atoms with Crippen LogP contribution >= 0.6 is 0 Å². The predicted octanol–water partition coefficient (Wildman–Crippen LogP) is 3.26. The van der Waals surface area contributed by atoms with Crippen LogP contribution in [-0.4, -0.2) is 36.2 Å².